The van der Waals surface area contributed by atoms with E-state index in [4.69, 9.17) is 16.3 Å². The van der Waals surface area contributed by atoms with Gasteiger partial charge in [-0.25, -0.2) is 0 Å². The Bertz CT molecular complexity index is 482. The van der Waals surface area contributed by atoms with Crippen LogP contribution in [-0.4, -0.2) is 49.2 Å². The normalized spacial score (nSPS) is 20.0. The molecule has 20 heavy (non-hydrogen) atoms. The van der Waals surface area contributed by atoms with Crippen molar-refractivity contribution in [2.45, 2.75) is 12.6 Å². The van der Waals surface area contributed by atoms with E-state index < -0.39 is 0 Å². The van der Waals surface area contributed by atoms with Crippen LogP contribution in [-0.2, 0) is 11.3 Å². The van der Waals surface area contributed by atoms with E-state index >= 15 is 0 Å². The SMILES string of the molecule is CNCC1CN(Cc2ccc(Cl)cc2[N+](=O)[O-])CCO1. The summed E-state index contributed by atoms with van der Waals surface area (Å²) in [4.78, 5) is 12.9. The second-order valence-corrected chi connectivity index (χ2v) is 5.25. The molecular weight excluding hydrogens is 282 g/mol. The van der Waals surface area contributed by atoms with Gasteiger partial charge in [-0.2, -0.15) is 0 Å². The highest BCUT2D eigenvalue weighted by Gasteiger charge is 2.23. The number of benzene rings is 1. The number of hydrogen-bond donors (Lipinski definition) is 1. The predicted molar refractivity (Wildman–Crippen MR) is 77.1 cm³/mol. The van der Waals surface area contributed by atoms with Crippen molar-refractivity contribution in [3.63, 3.8) is 0 Å². The summed E-state index contributed by atoms with van der Waals surface area (Å²) in [5.41, 5.74) is 0.763. The molecular formula is C13H18ClN3O3. The zero-order chi connectivity index (χ0) is 14.5. The van der Waals surface area contributed by atoms with Crippen LogP contribution in [0.5, 0.6) is 0 Å². The fourth-order valence-corrected chi connectivity index (χ4v) is 2.52. The molecule has 1 aromatic rings. The van der Waals surface area contributed by atoms with Crippen LogP contribution in [0.2, 0.25) is 5.02 Å². The third-order valence-electron chi connectivity index (χ3n) is 3.29. The summed E-state index contributed by atoms with van der Waals surface area (Å²) in [7, 11) is 1.88. The number of nitrogens with zero attached hydrogens (tertiary/aromatic N) is 2. The number of likely N-dealkylation sites (N-methyl/N-ethyl adjacent to an activating group) is 1. The lowest BCUT2D eigenvalue weighted by atomic mass is 10.1. The van der Waals surface area contributed by atoms with Crippen molar-refractivity contribution < 1.29 is 9.66 Å². The molecule has 7 heteroatoms. The Kier molecular flexibility index (Phi) is 5.31. The molecule has 0 radical (unpaired) electrons. The molecule has 0 bridgehead atoms. The Morgan fingerprint density at radius 2 is 2.40 bits per heavy atom. The molecule has 2 rings (SSSR count). The van der Waals surface area contributed by atoms with E-state index in [9.17, 15) is 10.1 Å². The topological polar surface area (TPSA) is 67.6 Å². The molecule has 1 atom stereocenters. The van der Waals surface area contributed by atoms with Crippen molar-refractivity contribution in [1.82, 2.24) is 10.2 Å². The lowest BCUT2D eigenvalue weighted by Gasteiger charge is -2.32. The fraction of sp³-hybridized carbons (Fsp3) is 0.538. The first-order chi connectivity index (χ1) is 9.60. The number of ether oxygens (including phenoxy) is 1. The van der Waals surface area contributed by atoms with Crippen molar-refractivity contribution >= 4 is 17.3 Å². The van der Waals surface area contributed by atoms with Gasteiger partial charge in [-0.3, -0.25) is 15.0 Å². The van der Waals surface area contributed by atoms with Gasteiger partial charge in [-0.1, -0.05) is 11.6 Å². The van der Waals surface area contributed by atoms with E-state index in [1.165, 1.54) is 6.07 Å². The molecule has 6 nitrogen and oxygen atoms in total. The number of rotatable bonds is 5. The van der Waals surface area contributed by atoms with Crippen molar-refractivity contribution in [1.29, 1.82) is 0 Å². The maximum Gasteiger partial charge on any atom is 0.275 e. The van der Waals surface area contributed by atoms with Crippen LogP contribution in [0.3, 0.4) is 0 Å². The summed E-state index contributed by atoms with van der Waals surface area (Å²) >= 11 is 5.82. The molecule has 1 fully saturated rings. The number of nitrogens with one attached hydrogen (secondary N) is 1. The molecule has 1 heterocycles. The smallest absolute Gasteiger partial charge is 0.275 e. The van der Waals surface area contributed by atoms with E-state index in [0.717, 1.165) is 19.6 Å². The third kappa shape index (κ3) is 3.89. The summed E-state index contributed by atoms with van der Waals surface area (Å²) in [6, 6.07) is 4.82. The van der Waals surface area contributed by atoms with Crippen molar-refractivity contribution in [2.24, 2.45) is 0 Å². The van der Waals surface area contributed by atoms with Crippen LogP contribution >= 0.6 is 11.6 Å². The Morgan fingerprint density at radius 1 is 1.60 bits per heavy atom. The molecule has 110 valence electrons. The van der Waals surface area contributed by atoms with Gasteiger partial charge in [0.25, 0.3) is 5.69 Å². The van der Waals surface area contributed by atoms with E-state index in [1.807, 2.05) is 7.05 Å². The molecule has 0 saturated carbocycles. The van der Waals surface area contributed by atoms with Crippen LogP contribution in [0.1, 0.15) is 5.56 Å². The maximum atomic E-state index is 11.1. The molecule has 0 amide bonds. The van der Waals surface area contributed by atoms with Crippen molar-refractivity contribution in [3.05, 3.63) is 38.9 Å². The third-order valence-corrected chi connectivity index (χ3v) is 3.53. The van der Waals surface area contributed by atoms with Gasteiger partial charge in [0.2, 0.25) is 0 Å². The molecule has 1 saturated heterocycles. The van der Waals surface area contributed by atoms with Crippen LogP contribution in [0, 0.1) is 10.1 Å². The molecule has 0 spiro atoms. The lowest BCUT2D eigenvalue weighted by Crippen LogP contribution is -2.45. The Hall–Kier alpha value is -1.21. The summed E-state index contributed by atoms with van der Waals surface area (Å²) in [5, 5.41) is 14.5. The first-order valence-corrected chi connectivity index (χ1v) is 6.89. The highest BCUT2D eigenvalue weighted by atomic mass is 35.5. The molecule has 1 N–H and O–H groups in total. The summed E-state index contributed by atoms with van der Waals surface area (Å²) in [5.74, 6) is 0. The van der Waals surface area contributed by atoms with Gasteiger partial charge in [0, 0.05) is 42.8 Å². The second kappa shape index (κ2) is 6.99. The minimum Gasteiger partial charge on any atom is -0.374 e. The molecule has 0 aromatic heterocycles. The first-order valence-electron chi connectivity index (χ1n) is 6.51. The standard InChI is InChI=1S/C13H18ClN3O3/c1-15-7-12-9-16(4-5-20-12)8-10-2-3-11(14)6-13(10)17(18)19/h2-3,6,12,15H,4-5,7-9H2,1H3. The molecule has 1 unspecified atom stereocenters. The zero-order valence-corrected chi connectivity index (χ0v) is 12.1. The number of morpholine rings is 1. The van der Waals surface area contributed by atoms with Crippen LogP contribution in [0.15, 0.2) is 18.2 Å². The van der Waals surface area contributed by atoms with Gasteiger partial charge < -0.3 is 10.1 Å². The number of nitro groups is 1. The Morgan fingerprint density at radius 3 is 3.10 bits per heavy atom. The van der Waals surface area contributed by atoms with Gasteiger partial charge in [0.1, 0.15) is 0 Å². The summed E-state index contributed by atoms with van der Waals surface area (Å²) in [6.45, 7) is 3.50. The van der Waals surface area contributed by atoms with Gasteiger partial charge in [0.05, 0.1) is 17.6 Å². The average Bonchev–Trinajstić information content (AvgIpc) is 2.41. The minimum atomic E-state index is -0.382. The Labute approximate surface area is 122 Å². The van der Waals surface area contributed by atoms with Gasteiger partial charge in [0.15, 0.2) is 0 Å². The van der Waals surface area contributed by atoms with E-state index in [0.29, 0.717) is 23.7 Å². The van der Waals surface area contributed by atoms with E-state index in [2.05, 4.69) is 10.2 Å². The molecule has 0 aliphatic carbocycles. The van der Waals surface area contributed by atoms with Crippen LogP contribution in [0.4, 0.5) is 5.69 Å². The number of nitro benzene ring substituents is 1. The number of halogens is 1. The largest absolute Gasteiger partial charge is 0.374 e. The fourth-order valence-electron chi connectivity index (χ4n) is 2.36. The quantitative estimate of drug-likeness (QED) is 0.662. The molecule has 1 aliphatic heterocycles. The number of hydrogen-bond acceptors (Lipinski definition) is 5. The molecule has 1 aromatic carbocycles. The maximum absolute atomic E-state index is 11.1. The van der Waals surface area contributed by atoms with E-state index in [1.54, 1.807) is 12.1 Å². The first kappa shape index (κ1) is 15.2. The van der Waals surface area contributed by atoms with Gasteiger partial charge >= 0.3 is 0 Å². The van der Waals surface area contributed by atoms with Crippen LogP contribution < -0.4 is 5.32 Å². The highest BCUT2D eigenvalue weighted by molar-refractivity contribution is 6.30. The van der Waals surface area contributed by atoms with Gasteiger partial charge in [-0.05, 0) is 19.2 Å². The molecule has 1 aliphatic rings. The van der Waals surface area contributed by atoms with Crippen molar-refractivity contribution in [3.8, 4) is 0 Å². The second-order valence-electron chi connectivity index (χ2n) is 4.82. The van der Waals surface area contributed by atoms with E-state index in [-0.39, 0.29) is 16.7 Å². The summed E-state index contributed by atoms with van der Waals surface area (Å²) < 4.78 is 5.62. The highest BCUT2D eigenvalue weighted by Crippen LogP contribution is 2.25. The average molecular weight is 300 g/mol. The lowest BCUT2D eigenvalue weighted by molar-refractivity contribution is -0.385. The zero-order valence-electron chi connectivity index (χ0n) is 11.3. The summed E-state index contributed by atoms with van der Waals surface area (Å²) in [6.07, 6.45) is 0.125. The van der Waals surface area contributed by atoms with Gasteiger partial charge in [-0.15, -0.1) is 0 Å². The monoisotopic (exact) mass is 299 g/mol. The van der Waals surface area contributed by atoms with Crippen LogP contribution in [0.25, 0.3) is 0 Å². The Balaban J connectivity index is 2.07. The predicted octanol–water partition coefficient (Wildman–Crippen LogP) is 1.67. The van der Waals surface area contributed by atoms with Crippen molar-refractivity contribution in [2.75, 3.05) is 33.3 Å². The minimum absolute atomic E-state index is 0.0779.